The van der Waals surface area contributed by atoms with Gasteiger partial charge in [0.1, 0.15) is 6.73 Å². The van der Waals surface area contributed by atoms with Crippen LogP contribution in [0.25, 0.3) is 0 Å². The third kappa shape index (κ3) is 1.19. The van der Waals surface area contributed by atoms with E-state index in [1.54, 1.807) is 0 Å². The molecule has 0 spiro atoms. The Morgan fingerprint density at radius 1 is 1.57 bits per heavy atom. The Morgan fingerprint density at radius 3 is 3.00 bits per heavy atom. The van der Waals surface area contributed by atoms with Crippen LogP contribution in [0.4, 0.5) is 5.82 Å². The first-order chi connectivity index (χ1) is 6.74. The van der Waals surface area contributed by atoms with Crippen LogP contribution in [0.3, 0.4) is 0 Å². The normalized spacial score (nSPS) is 20.3. The average molecular weight is 195 g/mol. The fraction of sp³-hybridized carbons (Fsp3) is 0.286. The molecule has 1 aliphatic heterocycles. The number of nitrogens with one attached hydrogen (secondary N) is 1. The van der Waals surface area contributed by atoms with Gasteiger partial charge in [-0.05, 0) is 0 Å². The molecule has 0 aliphatic carbocycles. The highest BCUT2D eigenvalue weighted by molar-refractivity contribution is 5.98. The lowest BCUT2D eigenvalue weighted by Gasteiger charge is -2.32. The number of carbonyl (C=O) groups is 1. The van der Waals surface area contributed by atoms with Crippen LogP contribution in [0.1, 0.15) is 10.5 Å². The Hall–Kier alpha value is -1.73. The minimum atomic E-state index is -0.767. The number of fused-ring (bicyclic) bond motifs is 1. The number of amides is 1. The van der Waals surface area contributed by atoms with Crippen molar-refractivity contribution in [2.75, 3.05) is 11.6 Å². The number of hydrogen-bond acceptors (Lipinski definition) is 6. The predicted octanol–water partition coefficient (Wildman–Crippen LogP) is -1.78. The molecule has 1 aliphatic rings. The highest BCUT2D eigenvalue weighted by Gasteiger charge is 2.29. The predicted molar refractivity (Wildman–Crippen MR) is 47.0 cm³/mol. The van der Waals surface area contributed by atoms with E-state index < -0.39 is 6.29 Å². The molecular formula is C7H9N5O2. The Morgan fingerprint density at radius 2 is 2.29 bits per heavy atom. The van der Waals surface area contributed by atoms with Crippen molar-refractivity contribution in [1.82, 2.24) is 15.3 Å². The van der Waals surface area contributed by atoms with E-state index in [0.29, 0.717) is 5.82 Å². The number of anilines is 1. The Bertz CT molecular complexity index is 369. The second kappa shape index (κ2) is 3.20. The number of hydrogen-bond donors (Lipinski definition) is 3. The molecule has 0 radical (unpaired) electrons. The summed E-state index contributed by atoms with van der Waals surface area (Å²) in [7, 11) is 0. The number of aliphatic hydroxyl groups excluding tert-OH is 1. The number of aromatic nitrogens is 2. The fourth-order valence-electron chi connectivity index (χ4n) is 1.27. The topological polar surface area (TPSA) is 104 Å². The average Bonchev–Trinajstić information content (AvgIpc) is 2.18. The van der Waals surface area contributed by atoms with Crippen LogP contribution in [0.2, 0.25) is 0 Å². The van der Waals surface area contributed by atoms with Gasteiger partial charge in [-0.15, -0.1) is 0 Å². The minimum Gasteiger partial charge on any atom is -0.376 e. The number of aliphatic hydroxyl groups is 1. The van der Waals surface area contributed by atoms with Crippen LogP contribution in [-0.2, 0) is 0 Å². The Kier molecular flexibility index (Phi) is 2.02. The van der Waals surface area contributed by atoms with Gasteiger partial charge in [0.15, 0.2) is 17.8 Å². The summed E-state index contributed by atoms with van der Waals surface area (Å²) < 4.78 is 0. The van der Waals surface area contributed by atoms with E-state index in [4.69, 9.17) is 10.8 Å². The van der Waals surface area contributed by atoms with Crippen molar-refractivity contribution in [1.29, 1.82) is 0 Å². The summed E-state index contributed by atoms with van der Waals surface area (Å²) in [5.74, 6) is -0.0865. The molecule has 4 N–H and O–H groups in total. The van der Waals surface area contributed by atoms with Crippen LogP contribution < -0.4 is 16.0 Å². The van der Waals surface area contributed by atoms with Gasteiger partial charge in [-0.1, -0.05) is 0 Å². The van der Waals surface area contributed by atoms with E-state index in [2.05, 4.69) is 15.3 Å². The molecule has 2 heterocycles. The zero-order chi connectivity index (χ0) is 10.1. The van der Waals surface area contributed by atoms with E-state index >= 15 is 0 Å². The molecular weight excluding hydrogens is 186 g/mol. The van der Waals surface area contributed by atoms with Gasteiger partial charge in [-0.3, -0.25) is 15.4 Å². The fourth-order valence-corrected chi connectivity index (χ4v) is 1.27. The third-order valence-electron chi connectivity index (χ3n) is 1.93. The molecule has 0 aromatic carbocycles. The summed E-state index contributed by atoms with van der Waals surface area (Å²) >= 11 is 0. The maximum atomic E-state index is 11.4. The Labute approximate surface area is 79.6 Å². The largest absolute Gasteiger partial charge is 0.376 e. The van der Waals surface area contributed by atoms with Gasteiger partial charge in [0.2, 0.25) is 0 Å². The first-order valence-corrected chi connectivity index (χ1v) is 3.99. The smallest absolute Gasteiger partial charge is 0.276 e. The van der Waals surface area contributed by atoms with E-state index in [-0.39, 0.29) is 18.3 Å². The van der Waals surface area contributed by atoms with Crippen molar-refractivity contribution in [3.8, 4) is 0 Å². The Balaban J connectivity index is 2.50. The van der Waals surface area contributed by atoms with Crippen molar-refractivity contribution in [2.45, 2.75) is 6.29 Å². The van der Waals surface area contributed by atoms with Gasteiger partial charge in [-0.25, -0.2) is 9.97 Å². The summed E-state index contributed by atoms with van der Waals surface area (Å²) in [4.78, 5) is 20.5. The molecule has 0 saturated heterocycles. The molecule has 0 fully saturated rings. The standard InChI is InChI=1S/C7H9N5O2/c8-7-11-6(14)4-5(12(7)3-13)10-2-1-9-4/h1-2,7,13H,3,8H2,(H,11,14). The van der Waals surface area contributed by atoms with Gasteiger partial charge in [0.05, 0.1) is 0 Å². The highest BCUT2D eigenvalue weighted by Crippen LogP contribution is 2.18. The maximum absolute atomic E-state index is 11.4. The summed E-state index contributed by atoms with van der Waals surface area (Å²) in [6.45, 7) is -0.326. The number of rotatable bonds is 1. The van der Waals surface area contributed by atoms with Gasteiger partial charge in [0.25, 0.3) is 5.91 Å². The molecule has 7 nitrogen and oxygen atoms in total. The van der Waals surface area contributed by atoms with Crippen LogP contribution in [-0.4, -0.2) is 34.0 Å². The lowest BCUT2D eigenvalue weighted by Crippen LogP contribution is -2.58. The molecule has 1 unspecified atom stereocenters. The van der Waals surface area contributed by atoms with Crippen LogP contribution in [0, 0.1) is 0 Å². The molecule has 0 bridgehead atoms. The van der Waals surface area contributed by atoms with Crippen molar-refractivity contribution in [2.24, 2.45) is 5.73 Å². The van der Waals surface area contributed by atoms with E-state index in [9.17, 15) is 4.79 Å². The van der Waals surface area contributed by atoms with Gasteiger partial charge >= 0.3 is 0 Å². The summed E-state index contributed by atoms with van der Waals surface area (Å²) in [5.41, 5.74) is 5.73. The summed E-state index contributed by atoms with van der Waals surface area (Å²) in [6, 6.07) is 0. The van der Waals surface area contributed by atoms with Crippen molar-refractivity contribution in [3.63, 3.8) is 0 Å². The summed E-state index contributed by atoms with van der Waals surface area (Å²) in [6.07, 6.45) is 2.08. The number of carbonyl (C=O) groups excluding carboxylic acids is 1. The van der Waals surface area contributed by atoms with Crippen molar-refractivity contribution in [3.05, 3.63) is 18.1 Å². The lowest BCUT2D eigenvalue weighted by molar-refractivity contribution is 0.0914. The molecule has 0 saturated carbocycles. The van der Waals surface area contributed by atoms with Gasteiger partial charge < -0.3 is 10.4 Å². The van der Waals surface area contributed by atoms with Gasteiger partial charge in [-0.2, -0.15) is 0 Å². The summed E-state index contributed by atoms with van der Waals surface area (Å²) in [5, 5.41) is 11.5. The second-order valence-corrected chi connectivity index (χ2v) is 2.76. The molecule has 74 valence electrons. The van der Waals surface area contributed by atoms with Crippen LogP contribution in [0.15, 0.2) is 12.4 Å². The lowest BCUT2D eigenvalue weighted by atomic mass is 10.3. The van der Waals surface area contributed by atoms with E-state index in [0.717, 1.165) is 0 Å². The highest BCUT2D eigenvalue weighted by atomic mass is 16.3. The monoisotopic (exact) mass is 195 g/mol. The van der Waals surface area contributed by atoms with Crippen molar-refractivity contribution < 1.29 is 9.90 Å². The number of nitrogens with zero attached hydrogens (tertiary/aromatic N) is 3. The van der Waals surface area contributed by atoms with E-state index in [1.807, 2.05) is 0 Å². The third-order valence-corrected chi connectivity index (χ3v) is 1.93. The minimum absolute atomic E-state index is 0.170. The molecule has 1 amide bonds. The molecule has 14 heavy (non-hydrogen) atoms. The first kappa shape index (κ1) is 8.85. The van der Waals surface area contributed by atoms with Crippen molar-refractivity contribution >= 4 is 11.7 Å². The first-order valence-electron chi connectivity index (χ1n) is 3.99. The van der Waals surface area contributed by atoms with Crippen LogP contribution >= 0.6 is 0 Å². The molecule has 7 heteroatoms. The SMILES string of the molecule is NC1NC(=O)c2nccnc2N1CO. The zero-order valence-electron chi connectivity index (χ0n) is 7.21. The molecule has 1 atom stereocenters. The molecule has 1 aromatic heterocycles. The maximum Gasteiger partial charge on any atom is 0.276 e. The number of nitrogens with two attached hydrogens (primary N) is 1. The van der Waals surface area contributed by atoms with Crippen LogP contribution in [0.5, 0.6) is 0 Å². The molecule has 2 rings (SSSR count). The second-order valence-electron chi connectivity index (χ2n) is 2.76. The quantitative estimate of drug-likeness (QED) is 0.489. The molecule has 1 aromatic rings. The zero-order valence-corrected chi connectivity index (χ0v) is 7.21. The van der Waals surface area contributed by atoms with E-state index in [1.165, 1.54) is 17.3 Å². The van der Waals surface area contributed by atoms with Gasteiger partial charge in [0, 0.05) is 12.4 Å².